The Kier molecular flexibility index (Phi) is 3.28. The normalized spacial score (nSPS) is 10.0. The summed E-state index contributed by atoms with van der Waals surface area (Å²) in [5, 5.41) is 0. The van der Waals surface area contributed by atoms with Gasteiger partial charge >= 0.3 is 0 Å². The van der Waals surface area contributed by atoms with Gasteiger partial charge in [0.05, 0.1) is 12.3 Å². The Balaban J connectivity index is 1.87. The Hall–Kier alpha value is -2.17. The average Bonchev–Trinajstić information content (AvgIpc) is 2.33. The van der Waals surface area contributed by atoms with E-state index in [1.54, 1.807) is 6.07 Å². The lowest BCUT2D eigenvalue weighted by molar-refractivity contribution is 0.320. The second kappa shape index (κ2) is 5.06. The van der Waals surface area contributed by atoms with Crippen LogP contribution >= 0.6 is 0 Å². The first-order valence-corrected chi connectivity index (χ1v) is 4.94. The van der Waals surface area contributed by atoms with E-state index in [0.29, 0.717) is 30.3 Å². The van der Waals surface area contributed by atoms with Gasteiger partial charge < -0.3 is 10.5 Å². The zero-order valence-electron chi connectivity index (χ0n) is 8.71. The summed E-state index contributed by atoms with van der Waals surface area (Å²) in [4.78, 5) is 11.7. The summed E-state index contributed by atoms with van der Waals surface area (Å²) < 4.78 is 5.52. The van der Waals surface area contributed by atoms with E-state index in [1.807, 2.05) is 18.2 Å². The molecule has 0 fully saturated rings. The van der Waals surface area contributed by atoms with Gasteiger partial charge in [0.25, 0.3) is 0 Å². The molecule has 82 valence electrons. The van der Waals surface area contributed by atoms with Crippen LogP contribution in [0.4, 0.5) is 5.69 Å². The molecule has 5 nitrogen and oxygen atoms in total. The molecule has 2 rings (SSSR count). The van der Waals surface area contributed by atoms with Crippen LogP contribution in [0.25, 0.3) is 0 Å². The highest BCUT2D eigenvalue weighted by atomic mass is 16.5. The van der Waals surface area contributed by atoms with Gasteiger partial charge in [-0.15, -0.1) is 0 Å². The number of anilines is 1. The number of hydrogen-bond acceptors (Lipinski definition) is 5. The molecule has 1 aromatic carbocycles. The molecular weight excluding hydrogens is 204 g/mol. The lowest BCUT2D eigenvalue weighted by Gasteiger charge is -2.07. The van der Waals surface area contributed by atoms with E-state index in [4.69, 9.17) is 10.5 Å². The third kappa shape index (κ3) is 2.66. The summed E-state index contributed by atoms with van der Waals surface area (Å²) in [6.07, 6.45) is 3.58. The summed E-state index contributed by atoms with van der Waals surface area (Å²) in [7, 11) is 0. The highest BCUT2D eigenvalue weighted by Crippen LogP contribution is 2.19. The van der Waals surface area contributed by atoms with Crippen molar-refractivity contribution in [2.75, 3.05) is 12.3 Å². The van der Waals surface area contributed by atoms with Gasteiger partial charge in [-0.3, -0.25) is 0 Å². The van der Waals surface area contributed by atoms with Crippen LogP contribution in [-0.4, -0.2) is 21.6 Å². The first-order valence-electron chi connectivity index (χ1n) is 4.94. The Morgan fingerprint density at radius 2 is 1.88 bits per heavy atom. The Morgan fingerprint density at radius 3 is 2.62 bits per heavy atom. The minimum absolute atomic E-state index is 0.498. The maximum atomic E-state index is 5.73. The first-order chi connectivity index (χ1) is 7.86. The lowest BCUT2D eigenvalue weighted by Crippen LogP contribution is -2.06. The van der Waals surface area contributed by atoms with E-state index in [2.05, 4.69) is 15.0 Å². The molecule has 2 N–H and O–H groups in total. The topological polar surface area (TPSA) is 73.9 Å². The molecular formula is C11H12N4O. The van der Waals surface area contributed by atoms with Crippen molar-refractivity contribution in [2.45, 2.75) is 6.42 Å². The molecule has 2 aromatic rings. The standard InChI is InChI=1S/C11H12N4O/c12-9-3-1-2-4-10(9)16-6-5-11-14-7-13-8-15-11/h1-4,7-8H,5-6,12H2. The van der Waals surface area contributed by atoms with Gasteiger partial charge in [0.1, 0.15) is 24.2 Å². The smallest absolute Gasteiger partial charge is 0.142 e. The molecule has 0 aliphatic carbocycles. The predicted molar refractivity (Wildman–Crippen MR) is 59.9 cm³/mol. The van der Waals surface area contributed by atoms with Crippen LogP contribution < -0.4 is 10.5 Å². The van der Waals surface area contributed by atoms with Crippen LogP contribution in [0.5, 0.6) is 5.75 Å². The van der Waals surface area contributed by atoms with Gasteiger partial charge in [0, 0.05) is 6.42 Å². The fraction of sp³-hybridized carbons (Fsp3) is 0.182. The second-order valence-corrected chi connectivity index (χ2v) is 3.19. The number of nitrogens with zero attached hydrogens (tertiary/aromatic N) is 3. The third-order valence-corrected chi connectivity index (χ3v) is 2.05. The molecule has 16 heavy (non-hydrogen) atoms. The quantitative estimate of drug-likeness (QED) is 0.774. The maximum absolute atomic E-state index is 5.73. The molecule has 1 heterocycles. The van der Waals surface area contributed by atoms with E-state index in [0.717, 1.165) is 0 Å². The molecule has 0 bridgehead atoms. The molecule has 0 unspecified atom stereocenters. The zero-order valence-corrected chi connectivity index (χ0v) is 8.71. The monoisotopic (exact) mass is 216 g/mol. The summed E-state index contributed by atoms with van der Waals surface area (Å²) in [6.45, 7) is 0.498. The van der Waals surface area contributed by atoms with Crippen LogP contribution in [0.1, 0.15) is 5.82 Å². The van der Waals surface area contributed by atoms with Crippen molar-refractivity contribution >= 4 is 5.69 Å². The van der Waals surface area contributed by atoms with Gasteiger partial charge in [-0.05, 0) is 12.1 Å². The van der Waals surface area contributed by atoms with E-state index in [1.165, 1.54) is 12.7 Å². The lowest BCUT2D eigenvalue weighted by atomic mass is 10.3. The van der Waals surface area contributed by atoms with Crippen LogP contribution in [-0.2, 0) is 6.42 Å². The van der Waals surface area contributed by atoms with E-state index < -0.39 is 0 Å². The van der Waals surface area contributed by atoms with Crippen LogP contribution in [0.2, 0.25) is 0 Å². The second-order valence-electron chi connectivity index (χ2n) is 3.19. The zero-order chi connectivity index (χ0) is 11.2. The van der Waals surface area contributed by atoms with Crippen molar-refractivity contribution in [1.29, 1.82) is 0 Å². The molecule has 0 atom stereocenters. The highest BCUT2D eigenvalue weighted by Gasteiger charge is 1.99. The fourth-order valence-electron chi connectivity index (χ4n) is 1.26. The summed E-state index contributed by atoms with van der Waals surface area (Å²) in [5.41, 5.74) is 6.37. The number of nitrogen functional groups attached to an aromatic ring is 1. The minimum atomic E-state index is 0.498. The van der Waals surface area contributed by atoms with E-state index in [9.17, 15) is 0 Å². The van der Waals surface area contributed by atoms with Crippen molar-refractivity contribution in [3.8, 4) is 5.75 Å². The van der Waals surface area contributed by atoms with Crippen molar-refractivity contribution < 1.29 is 4.74 Å². The minimum Gasteiger partial charge on any atom is -0.491 e. The number of aromatic nitrogens is 3. The van der Waals surface area contributed by atoms with Gasteiger partial charge in [0.2, 0.25) is 0 Å². The SMILES string of the molecule is Nc1ccccc1OCCc1ncncn1. The van der Waals surface area contributed by atoms with Gasteiger partial charge in [0.15, 0.2) is 0 Å². The van der Waals surface area contributed by atoms with Crippen molar-refractivity contribution in [1.82, 2.24) is 15.0 Å². The van der Waals surface area contributed by atoms with Crippen molar-refractivity contribution in [2.24, 2.45) is 0 Å². The molecule has 0 spiro atoms. The summed E-state index contributed by atoms with van der Waals surface area (Å²) in [5.74, 6) is 1.40. The number of para-hydroxylation sites is 2. The first kappa shape index (κ1) is 10.4. The fourth-order valence-corrected chi connectivity index (χ4v) is 1.26. The average molecular weight is 216 g/mol. The molecule has 0 aliphatic heterocycles. The molecule has 0 saturated heterocycles. The van der Waals surface area contributed by atoms with Crippen LogP contribution in [0.3, 0.4) is 0 Å². The number of nitrogens with two attached hydrogens (primary N) is 1. The predicted octanol–water partition coefficient (Wildman–Crippen LogP) is 1.08. The molecule has 0 amide bonds. The van der Waals surface area contributed by atoms with E-state index in [-0.39, 0.29) is 0 Å². The molecule has 1 aromatic heterocycles. The number of benzene rings is 1. The largest absolute Gasteiger partial charge is 0.491 e. The van der Waals surface area contributed by atoms with Crippen molar-refractivity contribution in [3.63, 3.8) is 0 Å². The van der Waals surface area contributed by atoms with Gasteiger partial charge in [-0.1, -0.05) is 12.1 Å². The number of ether oxygens (including phenoxy) is 1. The Morgan fingerprint density at radius 1 is 1.12 bits per heavy atom. The number of hydrogen-bond donors (Lipinski definition) is 1. The van der Waals surface area contributed by atoms with E-state index >= 15 is 0 Å². The maximum Gasteiger partial charge on any atom is 0.142 e. The molecule has 0 saturated carbocycles. The Bertz CT molecular complexity index is 447. The van der Waals surface area contributed by atoms with Crippen molar-refractivity contribution in [3.05, 3.63) is 42.7 Å². The van der Waals surface area contributed by atoms with Gasteiger partial charge in [-0.25, -0.2) is 15.0 Å². The molecule has 0 aliphatic rings. The Labute approximate surface area is 93.3 Å². The third-order valence-electron chi connectivity index (χ3n) is 2.05. The summed E-state index contributed by atoms with van der Waals surface area (Å²) >= 11 is 0. The van der Waals surface area contributed by atoms with Crippen LogP contribution in [0.15, 0.2) is 36.9 Å². The molecule has 5 heteroatoms. The highest BCUT2D eigenvalue weighted by molar-refractivity contribution is 5.51. The van der Waals surface area contributed by atoms with Gasteiger partial charge in [-0.2, -0.15) is 0 Å². The number of rotatable bonds is 4. The molecule has 0 radical (unpaired) electrons. The summed E-state index contributed by atoms with van der Waals surface area (Å²) in [6, 6.07) is 7.39. The van der Waals surface area contributed by atoms with Crippen LogP contribution in [0, 0.1) is 0 Å².